The van der Waals surface area contributed by atoms with Crippen LogP contribution in [0.2, 0.25) is 5.02 Å². The van der Waals surface area contributed by atoms with Crippen molar-refractivity contribution in [3.8, 4) is 0 Å². The molecule has 3 amide bonds. The summed E-state index contributed by atoms with van der Waals surface area (Å²) in [5.74, 6) is -0.376. The minimum atomic E-state index is -0.560. The lowest BCUT2D eigenvalue weighted by Gasteiger charge is -2.20. The minimum Gasteiger partial charge on any atom is -0.341 e. The molecular formula is C18H21ClN3O2+. The summed E-state index contributed by atoms with van der Waals surface area (Å²) in [6, 6.07) is 15.7. The third-order valence-electron chi connectivity index (χ3n) is 3.78. The fourth-order valence-corrected chi connectivity index (χ4v) is 2.81. The summed E-state index contributed by atoms with van der Waals surface area (Å²) in [4.78, 5) is 24.0. The van der Waals surface area contributed by atoms with E-state index in [0.29, 0.717) is 5.02 Å². The topological polar surface area (TPSA) is 74.8 Å². The third-order valence-corrected chi connectivity index (χ3v) is 4.13. The minimum absolute atomic E-state index is 0.0562. The third kappa shape index (κ3) is 4.57. The first-order valence-electron chi connectivity index (χ1n) is 7.70. The van der Waals surface area contributed by atoms with E-state index in [1.165, 1.54) is 7.05 Å². The van der Waals surface area contributed by atoms with Gasteiger partial charge in [-0.05, 0) is 13.0 Å². The Bertz CT molecular complexity index is 706. The summed E-state index contributed by atoms with van der Waals surface area (Å²) in [7, 11) is 1.47. The molecule has 2 aromatic rings. The maximum Gasteiger partial charge on any atom is 0.321 e. The van der Waals surface area contributed by atoms with Crippen molar-refractivity contribution in [1.82, 2.24) is 10.6 Å². The molecule has 0 aliphatic heterocycles. The summed E-state index contributed by atoms with van der Waals surface area (Å²) < 4.78 is 0. The van der Waals surface area contributed by atoms with Crippen molar-refractivity contribution in [2.75, 3.05) is 7.05 Å². The van der Waals surface area contributed by atoms with Crippen LogP contribution >= 0.6 is 11.6 Å². The van der Waals surface area contributed by atoms with Crippen LogP contribution in [-0.2, 0) is 4.79 Å². The number of halogens is 1. The van der Waals surface area contributed by atoms with Crippen molar-refractivity contribution in [2.45, 2.75) is 19.0 Å². The highest BCUT2D eigenvalue weighted by Gasteiger charge is 2.28. The van der Waals surface area contributed by atoms with E-state index in [1.54, 1.807) is 0 Å². The van der Waals surface area contributed by atoms with Crippen molar-refractivity contribution in [3.05, 3.63) is 70.7 Å². The summed E-state index contributed by atoms with van der Waals surface area (Å²) in [6.07, 6.45) is 0. The van der Waals surface area contributed by atoms with E-state index in [4.69, 9.17) is 11.6 Å². The predicted molar refractivity (Wildman–Crippen MR) is 93.6 cm³/mol. The SMILES string of the molecule is CNC(=O)NC(=O)[C@@H]([NH2+][C@@H](C)c1ccccc1Cl)c1ccccc1. The molecule has 6 heteroatoms. The fraction of sp³-hybridized carbons (Fsp3) is 0.222. The smallest absolute Gasteiger partial charge is 0.321 e. The highest BCUT2D eigenvalue weighted by molar-refractivity contribution is 6.31. The second-order valence-electron chi connectivity index (χ2n) is 5.46. The van der Waals surface area contributed by atoms with E-state index in [0.717, 1.165) is 11.1 Å². The second kappa shape index (κ2) is 8.47. The molecule has 24 heavy (non-hydrogen) atoms. The molecule has 4 N–H and O–H groups in total. The lowest BCUT2D eigenvalue weighted by Crippen LogP contribution is -2.88. The van der Waals surface area contributed by atoms with Crippen LogP contribution < -0.4 is 16.0 Å². The van der Waals surface area contributed by atoms with Gasteiger partial charge in [-0.25, -0.2) is 4.79 Å². The van der Waals surface area contributed by atoms with Gasteiger partial charge in [0.2, 0.25) is 0 Å². The number of amides is 3. The van der Waals surface area contributed by atoms with Gasteiger partial charge in [0.15, 0.2) is 6.04 Å². The lowest BCUT2D eigenvalue weighted by atomic mass is 10.0. The number of quaternary nitrogens is 1. The molecule has 0 saturated heterocycles. The summed E-state index contributed by atoms with van der Waals surface area (Å²) in [5.41, 5.74) is 1.76. The van der Waals surface area contributed by atoms with Crippen LogP contribution in [0.15, 0.2) is 54.6 Å². The first-order chi connectivity index (χ1) is 11.5. The maximum atomic E-state index is 12.5. The average Bonchev–Trinajstić information content (AvgIpc) is 2.60. The molecule has 2 aromatic carbocycles. The molecule has 5 nitrogen and oxygen atoms in total. The van der Waals surface area contributed by atoms with Gasteiger partial charge in [-0.1, -0.05) is 60.1 Å². The van der Waals surface area contributed by atoms with E-state index >= 15 is 0 Å². The Balaban J connectivity index is 2.24. The lowest BCUT2D eigenvalue weighted by molar-refractivity contribution is -0.719. The van der Waals surface area contributed by atoms with Crippen LogP contribution in [0, 0.1) is 0 Å². The molecule has 0 aromatic heterocycles. The van der Waals surface area contributed by atoms with E-state index in [1.807, 2.05) is 66.8 Å². The van der Waals surface area contributed by atoms with Gasteiger partial charge in [-0.15, -0.1) is 0 Å². The van der Waals surface area contributed by atoms with Gasteiger partial charge < -0.3 is 10.6 Å². The van der Waals surface area contributed by atoms with Crippen LogP contribution in [-0.4, -0.2) is 19.0 Å². The summed E-state index contributed by atoms with van der Waals surface area (Å²) in [6.45, 7) is 1.98. The van der Waals surface area contributed by atoms with Crippen LogP contribution in [0.4, 0.5) is 4.79 Å². The molecule has 0 heterocycles. The fourth-order valence-electron chi connectivity index (χ4n) is 2.50. The summed E-state index contributed by atoms with van der Waals surface area (Å²) in [5, 5.41) is 7.29. The first kappa shape index (κ1) is 18.0. The van der Waals surface area contributed by atoms with Gasteiger partial charge in [-0.2, -0.15) is 0 Å². The number of hydrogen-bond donors (Lipinski definition) is 3. The number of urea groups is 1. The molecule has 0 unspecified atom stereocenters. The van der Waals surface area contributed by atoms with Crippen molar-refractivity contribution >= 4 is 23.5 Å². The number of carbonyl (C=O) groups is 2. The van der Waals surface area contributed by atoms with Crippen LogP contribution in [0.3, 0.4) is 0 Å². The molecule has 2 atom stereocenters. The van der Waals surface area contributed by atoms with Gasteiger partial charge in [0, 0.05) is 23.2 Å². The quantitative estimate of drug-likeness (QED) is 0.776. The molecule has 0 fully saturated rings. The Morgan fingerprint density at radius 3 is 2.29 bits per heavy atom. The van der Waals surface area contributed by atoms with Gasteiger partial charge in [0.25, 0.3) is 5.91 Å². The Labute approximate surface area is 146 Å². The zero-order valence-corrected chi connectivity index (χ0v) is 14.4. The molecule has 0 radical (unpaired) electrons. The van der Waals surface area contributed by atoms with Crippen molar-refractivity contribution < 1.29 is 14.9 Å². The largest absolute Gasteiger partial charge is 0.341 e. The standard InChI is InChI=1S/C18H20ClN3O2/c1-12(14-10-6-7-11-15(14)19)21-16(13-8-4-3-5-9-13)17(23)22-18(24)20-2/h3-12,16,21H,1-2H3,(H2,20,22,23,24)/p+1/t12-,16-/m0/s1. The van der Waals surface area contributed by atoms with Crippen LogP contribution in [0.1, 0.15) is 30.1 Å². The Morgan fingerprint density at radius 2 is 1.67 bits per heavy atom. The number of nitrogens with one attached hydrogen (secondary N) is 2. The Morgan fingerprint density at radius 1 is 1.04 bits per heavy atom. The maximum absolute atomic E-state index is 12.5. The predicted octanol–water partition coefficient (Wildman–Crippen LogP) is 2.16. The van der Waals surface area contributed by atoms with Crippen molar-refractivity contribution in [2.24, 2.45) is 0 Å². The number of nitrogens with two attached hydrogens (primary N) is 1. The zero-order chi connectivity index (χ0) is 17.5. The summed E-state index contributed by atoms with van der Waals surface area (Å²) >= 11 is 6.25. The molecule has 0 aliphatic carbocycles. The van der Waals surface area contributed by atoms with Gasteiger partial charge >= 0.3 is 6.03 Å². The van der Waals surface area contributed by atoms with Crippen molar-refractivity contribution in [3.63, 3.8) is 0 Å². The van der Waals surface area contributed by atoms with E-state index in [-0.39, 0.29) is 11.9 Å². The van der Waals surface area contributed by atoms with Gasteiger partial charge in [0.05, 0.1) is 0 Å². The number of imide groups is 1. The molecule has 0 saturated carbocycles. The van der Waals surface area contributed by atoms with E-state index in [9.17, 15) is 9.59 Å². The highest BCUT2D eigenvalue weighted by Crippen LogP contribution is 2.21. The van der Waals surface area contributed by atoms with E-state index < -0.39 is 12.1 Å². The molecule has 0 spiro atoms. The van der Waals surface area contributed by atoms with Crippen molar-refractivity contribution in [1.29, 1.82) is 0 Å². The average molecular weight is 347 g/mol. The van der Waals surface area contributed by atoms with Gasteiger partial charge in [0.1, 0.15) is 6.04 Å². The Kier molecular flexibility index (Phi) is 6.35. The molecule has 0 bridgehead atoms. The molecule has 2 rings (SSSR count). The van der Waals surface area contributed by atoms with Crippen LogP contribution in [0.25, 0.3) is 0 Å². The normalized spacial score (nSPS) is 13.0. The van der Waals surface area contributed by atoms with E-state index in [2.05, 4.69) is 10.6 Å². The molecule has 126 valence electrons. The monoisotopic (exact) mass is 346 g/mol. The zero-order valence-electron chi connectivity index (χ0n) is 13.6. The molecular weight excluding hydrogens is 326 g/mol. The highest BCUT2D eigenvalue weighted by atomic mass is 35.5. The molecule has 0 aliphatic rings. The number of hydrogen-bond acceptors (Lipinski definition) is 2. The van der Waals surface area contributed by atoms with Gasteiger partial charge in [-0.3, -0.25) is 10.1 Å². The van der Waals surface area contributed by atoms with Crippen LogP contribution in [0.5, 0.6) is 0 Å². The Hall–Kier alpha value is -2.37. The number of benzene rings is 2. The number of rotatable bonds is 5. The number of carbonyl (C=O) groups excluding carboxylic acids is 2. The first-order valence-corrected chi connectivity index (χ1v) is 8.07. The second-order valence-corrected chi connectivity index (χ2v) is 5.87.